The van der Waals surface area contributed by atoms with Crippen LogP contribution in [0.5, 0.6) is 0 Å². The van der Waals surface area contributed by atoms with Gasteiger partial charge in [0.2, 0.25) is 0 Å². The van der Waals surface area contributed by atoms with Crippen LogP contribution < -0.4 is 5.73 Å². The Bertz CT molecular complexity index is 362. The third kappa shape index (κ3) is 1.06. The zero-order chi connectivity index (χ0) is 9.76. The average molecular weight is 257 g/mol. The maximum Gasteiger partial charge on any atom is 0.181 e. The van der Waals surface area contributed by atoms with Gasteiger partial charge < -0.3 is 10.3 Å². The van der Waals surface area contributed by atoms with Crippen molar-refractivity contribution in [2.45, 2.75) is 38.0 Å². The third-order valence-electron chi connectivity index (χ3n) is 3.83. The molecule has 0 unspecified atom stereocenters. The number of nitrogen functional groups attached to an aromatic ring is 1. The first-order valence-electron chi connectivity index (χ1n) is 5.11. The number of hydrogen-bond acceptors (Lipinski definition) is 3. The third-order valence-corrected chi connectivity index (χ3v) is 4.62. The molecule has 0 bridgehead atoms. The minimum absolute atomic E-state index is 0.481. The highest BCUT2D eigenvalue weighted by molar-refractivity contribution is 9.10. The Kier molecular flexibility index (Phi) is 1.72. The van der Waals surface area contributed by atoms with Crippen LogP contribution in [-0.2, 0) is 0 Å². The van der Waals surface area contributed by atoms with Gasteiger partial charge in [0.25, 0.3) is 0 Å². The van der Waals surface area contributed by atoms with Crippen LogP contribution in [0.15, 0.2) is 9.00 Å². The zero-order valence-corrected chi connectivity index (χ0v) is 9.51. The fourth-order valence-corrected chi connectivity index (χ4v) is 3.28. The van der Waals surface area contributed by atoms with Crippen molar-refractivity contribution in [1.82, 2.24) is 5.16 Å². The molecule has 2 N–H and O–H groups in total. The molecule has 4 heteroatoms. The summed E-state index contributed by atoms with van der Waals surface area (Å²) in [6, 6.07) is 0. The summed E-state index contributed by atoms with van der Waals surface area (Å²) < 4.78 is 6.11. The monoisotopic (exact) mass is 256 g/mol. The Morgan fingerprint density at radius 2 is 2.14 bits per heavy atom. The molecule has 1 heterocycles. The van der Waals surface area contributed by atoms with E-state index >= 15 is 0 Å². The molecule has 2 aliphatic rings. The molecule has 0 aliphatic heterocycles. The van der Waals surface area contributed by atoms with Crippen LogP contribution in [-0.4, -0.2) is 5.16 Å². The number of rotatable bonds is 1. The Morgan fingerprint density at radius 1 is 1.43 bits per heavy atom. The minimum Gasteiger partial charge on any atom is -0.380 e. The lowest BCUT2D eigenvalue weighted by Crippen LogP contribution is -2.41. The van der Waals surface area contributed by atoms with Crippen LogP contribution in [0.25, 0.3) is 0 Å². The van der Waals surface area contributed by atoms with Gasteiger partial charge in [0.05, 0.1) is 0 Å². The Labute approximate surface area is 91.1 Å². The SMILES string of the molecule is Nc1noc(C2CC3(CCC3)C2)c1Br. The van der Waals surface area contributed by atoms with Crippen molar-refractivity contribution >= 4 is 21.7 Å². The summed E-state index contributed by atoms with van der Waals surface area (Å²) in [5, 5.41) is 3.77. The topological polar surface area (TPSA) is 52.0 Å². The van der Waals surface area contributed by atoms with Crippen molar-refractivity contribution in [2.75, 3.05) is 5.73 Å². The van der Waals surface area contributed by atoms with E-state index in [9.17, 15) is 0 Å². The van der Waals surface area contributed by atoms with Crippen molar-refractivity contribution in [1.29, 1.82) is 0 Å². The number of halogens is 1. The van der Waals surface area contributed by atoms with Crippen LogP contribution in [0, 0.1) is 5.41 Å². The van der Waals surface area contributed by atoms with Gasteiger partial charge in [0.15, 0.2) is 11.6 Å². The summed E-state index contributed by atoms with van der Waals surface area (Å²) >= 11 is 3.42. The van der Waals surface area contributed by atoms with E-state index in [1.807, 2.05) is 0 Å². The molecule has 14 heavy (non-hydrogen) atoms. The van der Waals surface area contributed by atoms with Crippen LogP contribution in [0.4, 0.5) is 5.82 Å². The molecule has 0 saturated heterocycles. The zero-order valence-electron chi connectivity index (χ0n) is 7.92. The number of aromatic nitrogens is 1. The number of nitrogens with two attached hydrogens (primary N) is 1. The van der Waals surface area contributed by atoms with E-state index in [1.54, 1.807) is 0 Å². The molecule has 0 amide bonds. The molecular weight excluding hydrogens is 244 g/mol. The van der Waals surface area contributed by atoms with Crippen LogP contribution in [0.3, 0.4) is 0 Å². The molecule has 3 nitrogen and oxygen atoms in total. The molecule has 1 spiro atoms. The molecule has 2 fully saturated rings. The first-order valence-corrected chi connectivity index (χ1v) is 5.90. The Morgan fingerprint density at radius 3 is 2.57 bits per heavy atom. The molecule has 0 radical (unpaired) electrons. The predicted octanol–water partition coefficient (Wildman–Crippen LogP) is 3.07. The average Bonchev–Trinajstić information content (AvgIpc) is 2.30. The highest BCUT2D eigenvalue weighted by Gasteiger charge is 2.50. The number of anilines is 1. The normalized spacial score (nSPS) is 24.6. The molecular formula is C10H13BrN2O. The summed E-state index contributed by atoms with van der Waals surface area (Å²) in [4.78, 5) is 0. The van der Waals surface area contributed by atoms with E-state index in [-0.39, 0.29) is 0 Å². The Balaban J connectivity index is 1.76. The smallest absolute Gasteiger partial charge is 0.181 e. The fourth-order valence-electron chi connectivity index (χ4n) is 2.81. The second-order valence-corrected chi connectivity index (χ2v) is 5.50. The highest BCUT2D eigenvalue weighted by Crippen LogP contribution is 2.62. The van der Waals surface area contributed by atoms with E-state index in [0.717, 1.165) is 10.2 Å². The van der Waals surface area contributed by atoms with E-state index in [1.165, 1.54) is 32.1 Å². The van der Waals surface area contributed by atoms with Crippen LogP contribution >= 0.6 is 15.9 Å². The van der Waals surface area contributed by atoms with Crippen molar-refractivity contribution in [3.8, 4) is 0 Å². The second-order valence-electron chi connectivity index (χ2n) is 4.70. The van der Waals surface area contributed by atoms with Gasteiger partial charge >= 0.3 is 0 Å². The van der Waals surface area contributed by atoms with E-state index in [0.29, 0.717) is 17.2 Å². The largest absolute Gasteiger partial charge is 0.380 e. The first kappa shape index (κ1) is 8.77. The van der Waals surface area contributed by atoms with Gasteiger partial charge in [-0.05, 0) is 47.0 Å². The van der Waals surface area contributed by atoms with Crippen LogP contribution in [0.1, 0.15) is 43.8 Å². The summed E-state index contributed by atoms with van der Waals surface area (Å²) in [6.07, 6.45) is 6.75. The minimum atomic E-state index is 0.481. The molecule has 2 saturated carbocycles. The Hall–Kier alpha value is -0.510. The quantitative estimate of drug-likeness (QED) is 0.841. The second kappa shape index (κ2) is 2.75. The molecule has 0 aromatic carbocycles. The summed E-state index contributed by atoms with van der Waals surface area (Å²) in [5.74, 6) is 1.99. The van der Waals surface area contributed by atoms with Crippen molar-refractivity contribution in [3.63, 3.8) is 0 Å². The lowest BCUT2D eigenvalue weighted by atomic mass is 9.51. The summed E-state index contributed by atoms with van der Waals surface area (Å²) in [5.41, 5.74) is 6.29. The van der Waals surface area contributed by atoms with Crippen molar-refractivity contribution < 1.29 is 4.52 Å². The maximum atomic E-state index is 5.62. The number of hydrogen-bond donors (Lipinski definition) is 1. The van der Waals surface area contributed by atoms with Gasteiger partial charge in [-0.15, -0.1) is 0 Å². The van der Waals surface area contributed by atoms with Crippen LogP contribution in [0.2, 0.25) is 0 Å². The lowest BCUT2D eigenvalue weighted by molar-refractivity contribution is -0.000119. The van der Waals surface area contributed by atoms with Gasteiger partial charge in [-0.1, -0.05) is 11.6 Å². The predicted molar refractivity (Wildman–Crippen MR) is 56.9 cm³/mol. The standard InChI is InChI=1S/C10H13BrN2O/c11-7-8(14-13-9(7)12)6-4-10(5-6)2-1-3-10/h6H,1-5H2,(H2,12,13). The lowest BCUT2D eigenvalue weighted by Gasteiger charge is -2.53. The van der Waals surface area contributed by atoms with Crippen molar-refractivity contribution in [3.05, 3.63) is 10.2 Å². The van der Waals surface area contributed by atoms with Gasteiger partial charge in [0, 0.05) is 5.92 Å². The maximum absolute atomic E-state index is 5.62. The van der Waals surface area contributed by atoms with Gasteiger partial charge in [0.1, 0.15) is 4.47 Å². The number of nitrogens with zero attached hydrogens (tertiary/aromatic N) is 1. The molecule has 1 aromatic heterocycles. The van der Waals surface area contributed by atoms with Crippen molar-refractivity contribution in [2.24, 2.45) is 5.41 Å². The first-order chi connectivity index (χ1) is 6.70. The van der Waals surface area contributed by atoms with Gasteiger partial charge in [-0.3, -0.25) is 0 Å². The summed E-state index contributed by atoms with van der Waals surface area (Å²) in [6.45, 7) is 0. The fraction of sp³-hybridized carbons (Fsp3) is 0.700. The van der Waals surface area contributed by atoms with E-state index in [4.69, 9.17) is 10.3 Å². The van der Waals surface area contributed by atoms with Gasteiger partial charge in [-0.2, -0.15) is 0 Å². The molecule has 0 atom stereocenters. The van der Waals surface area contributed by atoms with E-state index < -0.39 is 0 Å². The van der Waals surface area contributed by atoms with E-state index in [2.05, 4.69) is 21.1 Å². The summed E-state index contributed by atoms with van der Waals surface area (Å²) in [7, 11) is 0. The van der Waals surface area contributed by atoms with Gasteiger partial charge in [-0.25, -0.2) is 0 Å². The molecule has 3 rings (SSSR count). The molecule has 76 valence electrons. The molecule has 1 aromatic rings. The molecule has 2 aliphatic carbocycles. The highest BCUT2D eigenvalue weighted by atomic mass is 79.9.